The van der Waals surface area contributed by atoms with Crippen molar-refractivity contribution in [2.75, 3.05) is 0 Å². The topological polar surface area (TPSA) is 99.5 Å². The molecule has 1 heterocycles. The molecule has 1 aliphatic heterocycles. The Bertz CT molecular complexity index is 722. The average molecular weight is 428 g/mol. The van der Waals surface area contributed by atoms with Crippen LogP contribution in [-0.2, 0) is 40.6 Å². The fraction of sp³-hybridized carbons (Fsp3) is 0. The number of fused-ring (bicyclic) bond motifs is 1. The molecular formula is C21H13CrO5P. The Morgan fingerprint density at radius 1 is 0.500 bits per heavy atom. The summed E-state index contributed by atoms with van der Waals surface area (Å²) in [6.07, 6.45) is 4.49. The smallest absolute Gasteiger partial charge is 0 e. The number of hydrogen-bond donors (Lipinski definition) is 0. The summed E-state index contributed by atoms with van der Waals surface area (Å²) in [6, 6.07) is 19.2. The molecule has 0 bridgehead atoms. The van der Waals surface area contributed by atoms with Crippen molar-refractivity contribution in [3.05, 3.63) is 111 Å². The van der Waals surface area contributed by atoms with Crippen LogP contribution in [0.5, 0.6) is 0 Å². The largest absolute Gasteiger partial charge is 0 e. The van der Waals surface area contributed by atoms with Gasteiger partial charge in [0.2, 0.25) is 0 Å². The van der Waals surface area contributed by atoms with Crippen molar-refractivity contribution in [1.29, 1.82) is 0 Å². The Labute approximate surface area is 176 Å². The van der Waals surface area contributed by atoms with Gasteiger partial charge in [0.05, 0.1) is 0 Å². The first-order valence-corrected chi connectivity index (χ1v) is 8.22. The van der Waals surface area contributed by atoms with Crippen molar-refractivity contribution in [2.24, 2.45) is 0 Å². The van der Waals surface area contributed by atoms with E-state index >= 15 is 0 Å². The van der Waals surface area contributed by atoms with Gasteiger partial charge in [-0.1, -0.05) is 78.4 Å². The minimum absolute atomic E-state index is 0. The molecule has 2 aromatic carbocycles. The fourth-order valence-corrected chi connectivity index (χ4v) is 3.56. The van der Waals surface area contributed by atoms with Crippen LogP contribution in [0.2, 0.25) is 0 Å². The van der Waals surface area contributed by atoms with E-state index in [0.717, 1.165) is 0 Å². The van der Waals surface area contributed by atoms with Gasteiger partial charge in [0.1, 0.15) is 0 Å². The molecule has 138 valence electrons. The first-order chi connectivity index (χ1) is 13.4. The predicted octanol–water partition coefficient (Wildman–Crippen LogP) is 4.26. The maximum absolute atomic E-state index is 7.50. The molecule has 2 aromatic rings. The second kappa shape index (κ2) is 26.8. The van der Waals surface area contributed by atoms with Gasteiger partial charge in [-0.25, -0.2) is 0 Å². The van der Waals surface area contributed by atoms with Gasteiger partial charge >= 0.3 is 56.5 Å². The molecule has 0 aromatic heterocycles. The van der Waals surface area contributed by atoms with Gasteiger partial charge in [-0.15, -0.1) is 0 Å². The molecule has 0 atom stereocenters. The maximum Gasteiger partial charge on any atom is 0 e. The number of rotatable bonds is 1. The van der Waals surface area contributed by atoms with Crippen molar-refractivity contribution < 1.29 is 40.6 Å². The van der Waals surface area contributed by atoms with Crippen LogP contribution in [0.25, 0.3) is 12.2 Å². The summed E-state index contributed by atoms with van der Waals surface area (Å²) in [5.41, 5.74) is 2.62. The Balaban J connectivity index is -0.000000230. The quantitative estimate of drug-likeness (QED) is 0.368. The van der Waals surface area contributed by atoms with Crippen molar-refractivity contribution in [2.45, 2.75) is 0 Å². The molecule has 0 saturated heterocycles. The Hall–Kier alpha value is -2.42. The monoisotopic (exact) mass is 428 g/mol. The summed E-state index contributed by atoms with van der Waals surface area (Å²) in [6.45, 7) is 22.5. The molecule has 0 spiro atoms. The van der Waals surface area contributed by atoms with Crippen LogP contribution in [-0.4, -0.2) is 0 Å². The van der Waals surface area contributed by atoms with Gasteiger partial charge in [0, 0.05) is 17.4 Å². The summed E-state index contributed by atoms with van der Waals surface area (Å²) < 4.78 is 37.5. The van der Waals surface area contributed by atoms with Crippen LogP contribution in [0.1, 0.15) is 11.1 Å². The zero-order valence-electron chi connectivity index (χ0n) is 14.4. The molecule has 0 saturated carbocycles. The van der Waals surface area contributed by atoms with E-state index < -0.39 is 0 Å². The number of hydrogen-bond acceptors (Lipinski definition) is 0. The Morgan fingerprint density at radius 2 is 0.821 bits per heavy atom. The van der Waals surface area contributed by atoms with Crippen molar-refractivity contribution >= 4 is 25.4 Å². The van der Waals surface area contributed by atoms with Gasteiger partial charge in [-0.05, 0) is 24.4 Å². The van der Waals surface area contributed by atoms with E-state index in [4.69, 9.17) is 23.3 Å². The minimum Gasteiger partial charge on any atom is 0 e. The van der Waals surface area contributed by atoms with Crippen molar-refractivity contribution in [3.8, 4) is 0 Å². The molecule has 5 nitrogen and oxygen atoms in total. The Kier molecular flexibility index (Phi) is 31.8. The molecule has 0 unspecified atom stereocenters. The summed E-state index contributed by atoms with van der Waals surface area (Å²) >= 11 is 0. The van der Waals surface area contributed by atoms with E-state index in [9.17, 15) is 0 Å². The van der Waals surface area contributed by atoms with Gasteiger partial charge in [-0.2, -0.15) is 0 Å². The molecular weight excluding hydrogens is 415 g/mol. The first-order valence-electron chi connectivity index (χ1n) is 6.74. The predicted molar refractivity (Wildman–Crippen MR) is 97.2 cm³/mol. The first kappa shape index (κ1) is 33.2. The maximum atomic E-state index is 7.50. The van der Waals surface area contributed by atoms with E-state index in [1.807, 2.05) is 0 Å². The van der Waals surface area contributed by atoms with Gasteiger partial charge in [0.15, 0.2) is 0 Å². The van der Waals surface area contributed by atoms with Crippen LogP contribution in [0.15, 0.2) is 66.2 Å². The van der Waals surface area contributed by atoms with Crippen molar-refractivity contribution in [3.63, 3.8) is 0 Å². The molecule has 0 radical (unpaired) electrons. The van der Waals surface area contributed by atoms with E-state index in [2.05, 4.69) is 112 Å². The fourth-order valence-electron chi connectivity index (χ4n) is 1.96. The van der Waals surface area contributed by atoms with E-state index in [0.29, 0.717) is 0 Å². The minimum atomic E-state index is -0.301. The van der Waals surface area contributed by atoms with Crippen LogP contribution in [0, 0.1) is 33.3 Å². The molecule has 3 rings (SSSR count). The van der Waals surface area contributed by atoms with E-state index in [-0.39, 0.29) is 25.3 Å². The van der Waals surface area contributed by atoms with Crippen LogP contribution in [0.3, 0.4) is 0 Å². The Morgan fingerprint density at radius 3 is 1.18 bits per heavy atom. The summed E-state index contributed by atoms with van der Waals surface area (Å²) in [7, 11) is -0.301. The van der Waals surface area contributed by atoms with Gasteiger partial charge in [0.25, 0.3) is 0 Å². The van der Waals surface area contributed by atoms with Crippen molar-refractivity contribution in [1.82, 2.24) is 0 Å². The molecule has 0 amide bonds. The normalized spacial score (nSPS) is 9.07. The van der Waals surface area contributed by atoms with Crippen LogP contribution >= 0.6 is 7.92 Å². The molecule has 1 aliphatic rings. The van der Waals surface area contributed by atoms with Gasteiger partial charge < -0.3 is 0 Å². The molecule has 28 heavy (non-hydrogen) atoms. The van der Waals surface area contributed by atoms with Crippen LogP contribution in [0.4, 0.5) is 0 Å². The third kappa shape index (κ3) is 12.9. The summed E-state index contributed by atoms with van der Waals surface area (Å²) in [5, 5.41) is 1.41. The third-order valence-corrected chi connectivity index (χ3v) is 4.71. The second-order valence-electron chi connectivity index (χ2n) is 4.00. The summed E-state index contributed by atoms with van der Waals surface area (Å²) in [5.74, 6) is 4.65. The van der Waals surface area contributed by atoms with Crippen LogP contribution < -0.4 is 5.30 Å². The number of benzene rings is 2. The van der Waals surface area contributed by atoms with Gasteiger partial charge in [-0.3, -0.25) is 0 Å². The third-order valence-electron chi connectivity index (χ3n) is 2.88. The standard InChI is InChI=1S/C16H13P.5CO.Cr/c1-2-8-16(9-3-1)17-12-10-14-6-4-5-7-15(14)11-13-17;5*1-2;/h1-13H;;;;;;. The van der Waals surface area contributed by atoms with E-state index in [1.54, 1.807) is 0 Å². The average Bonchev–Trinajstić information content (AvgIpc) is 3.04. The molecule has 7 heteroatoms. The SMILES string of the molecule is C1=CP(c2ccccc2)C=Cc2ccccc21.[C-]#[O+].[C-]#[O+].[C-]#[O+].[C-]#[O+].[C-]#[O+].[Cr]. The molecule has 0 aliphatic carbocycles. The zero-order valence-corrected chi connectivity index (χ0v) is 16.6. The summed E-state index contributed by atoms with van der Waals surface area (Å²) in [4.78, 5) is 0. The zero-order chi connectivity index (χ0) is 21.5. The molecule has 0 N–H and O–H groups in total. The van der Waals surface area contributed by atoms with E-state index in [1.165, 1.54) is 16.4 Å². The molecule has 0 fully saturated rings. The second-order valence-corrected chi connectivity index (χ2v) is 5.93.